The van der Waals surface area contributed by atoms with Gasteiger partial charge < -0.3 is 9.30 Å². The smallest absolute Gasteiger partial charge is 0.308 e. The Morgan fingerprint density at radius 2 is 1.58 bits per heavy atom. The predicted molar refractivity (Wildman–Crippen MR) is 122 cm³/mol. The topological polar surface area (TPSA) is 85.7 Å². The van der Waals surface area contributed by atoms with Gasteiger partial charge in [0, 0.05) is 29.2 Å². The van der Waals surface area contributed by atoms with Crippen LogP contribution in [0.4, 0.5) is 0 Å². The number of aryl methyl sites for hydroxylation is 2. The molecule has 0 spiro atoms. The summed E-state index contributed by atoms with van der Waals surface area (Å²) in [4.78, 5) is 51.1. The van der Waals surface area contributed by atoms with Crippen molar-refractivity contribution in [1.29, 1.82) is 0 Å². The number of likely N-dealkylation sites (tertiary alicyclic amines) is 1. The number of hydrogen-bond donors (Lipinski definition) is 0. The van der Waals surface area contributed by atoms with E-state index < -0.39 is 5.97 Å². The van der Waals surface area contributed by atoms with Crippen LogP contribution in [0.2, 0.25) is 0 Å². The molecule has 2 aromatic rings. The van der Waals surface area contributed by atoms with Crippen molar-refractivity contribution in [2.24, 2.45) is 11.8 Å². The van der Waals surface area contributed by atoms with Crippen LogP contribution in [0.3, 0.4) is 0 Å². The molecule has 1 aromatic heterocycles. The highest BCUT2D eigenvalue weighted by atomic mass is 16.5. The van der Waals surface area contributed by atoms with E-state index in [4.69, 9.17) is 4.74 Å². The van der Waals surface area contributed by atoms with Crippen molar-refractivity contribution in [2.75, 3.05) is 13.2 Å². The lowest BCUT2D eigenvalue weighted by Crippen LogP contribution is -2.33. The SMILES string of the molecule is Cc1ccc(-n2c(C)cc(C(=O)COC(=O)CCN3C(=O)[C@@H]4CC=CC[C@H]4C3=O)c2C)cc1. The van der Waals surface area contributed by atoms with Gasteiger partial charge in [0.1, 0.15) is 0 Å². The lowest BCUT2D eigenvalue weighted by atomic mass is 9.85. The van der Waals surface area contributed by atoms with E-state index in [2.05, 4.69) is 0 Å². The van der Waals surface area contributed by atoms with Gasteiger partial charge in [-0.3, -0.25) is 24.1 Å². The van der Waals surface area contributed by atoms with E-state index in [9.17, 15) is 19.2 Å². The zero-order chi connectivity index (χ0) is 23.7. The second-order valence-electron chi connectivity index (χ2n) is 8.77. The number of fused-ring (bicyclic) bond motifs is 1. The molecule has 7 heteroatoms. The highest BCUT2D eigenvalue weighted by molar-refractivity contribution is 6.05. The fraction of sp³-hybridized carbons (Fsp3) is 0.385. The molecular formula is C26H28N2O5. The minimum Gasteiger partial charge on any atom is -0.457 e. The minimum absolute atomic E-state index is 0.0143. The van der Waals surface area contributed by atoms with E-state index in [-0.39, 0.29) is 49.0 Å². The molecule has 0 unspecified atom stereocenters. The Balaban J connectivity index is 1.33. The maximum atomic E-state index is 12.7. The molecule has 33 heavy (non-hydrogen) atoms. The number of Topliss-reactive ketones (excluding diaryl/α,β-unsaturated/α-hetero) is 1. The van der Waals surface area contributed by atoms with E-state index in [0.717, 1.165) is 22.6 Å². The second-order valence-corrected chi connectivity index (χ2v) is 8.77. The zero-order valence-electron chi connectivity index (χ0n) is 19.2. The Labute approximate surface area is 193 Å². The summed E-state index contributed by atoms with van der Waals surface area (Å²) in [6, 6.07) is 9.81. The Morgan fingerprint density at radius 1 is 0.970 bits per heavy atom. The van der Waals surface area contributed by atoms with Crippen molar-refractivity contribution in [3.8, 4) is 5.69 Å². The second kappa shape index (κ2) is 9.17. The Bertz CT molecular complexity index is 1120. The number of rotatable bonds is 7. The Kier molecular flexibility index (Phi) is 6.31. The van der Waals surface area contributed by atoms with Crippen LogP contribution in [0.25, 0.3) is 5.69 Å². The molecule has 2 amide bonds. The van der Waals surface area contributed by atoms with E-state index in [1.54, 1.807) is 6.07 Å². The zero-order valence-corrected chi connectivity index (χ0v) is 19.2. The van der Waals surface area contributed by atoms with Crippen LogP contribution in [-0.2, 0) is 19.1 Å². The van der Waals surface area contributed by atoms with Crippen LogP contribution < -0.4 is 0 Å². The molecule has 0 radical (unpaired) electrons. The number of nitrogens with zero attached hydrogens (tertiary/aromatic N) is 2. The van der Waals surface area contributed by atoms with E-state index >= 15 is 0 Å². The summed E-state index contributed by atoms with van der Waals surface area (Å²) >= 11 is 0. The summed E-state index contributed by atoms with van der Waals surface area (Å²) in [7, 11) is 0. The number of aromatic nitrogens is 1. The summed E-state index contributed by atoms with van der Waals surface area (Å²) in [5.41, 5.74) is 4.30. The van der Waals surface area contributed by atoms with Crippen LogP contribution in [0.15, 0.2) is 42.5 Å². The summed E-state index contributed by atoms with van der Waals surface area (Å²) < 4.78 is 7.17. The van der Waals surface area contributed by atoms with Crippen LogP contribution >= 0.6 is 0 Å². The van der Waals surface area contributed by atoms with Crippen molar-refractivity contribution in [2.45, 2.75) is 40.0 Å². The molecule has 0 saturated carbocycles. The van der Waals surface area contributed by atoms with Crippen LogP contribution in [-0.4, -0.2) is 46.2 Å². The largest absolute Gasteiger partial charge is 0.457 e. The molecule has 1 fully saturated rings. The van der Waals surface area contributed by atoms with Crippen LogP contribution in [0.5, 0.6) is 0 Å². The van der Waals surface area contributed by atoms with Gasteiger partial charge in [0.2, 0.25) is 17.6 Å². The summed E-state index contributed by atoms with van der Waals surface area (Å²) in [6.45, 7) is 5.41. The number of ether oxygens (including phenoxy) is 1. The van der Waals surface area contributed by atoms with Crippen molar-refractivity contribution in [3.05, 3.63) is 65.0 Å². The normalized spacial score (nSPS) is 19.7. The number of allylic oxidation sites excluding steroid dienone is 2. The van der Waals surface area contributed by atoms with Gasteiger partial charge in [0.25, 0.3) is 0 Å². The average molecular weight is 449 g/mol. The molecule has 2 atom stereocenters. The number of imide groups is 1. The molecular weight excluding hydrogens is 420 g/mol. The molecule has 4 rings (SSSR count). The number of hydrogen-bond acceptors (Lipinski definition) is 5. The molecule has 1 aliphatic heterocycles. The van der Waals surface area contributed by atoms with Gasteiger partial charge in [-0.05, 0) is 51.8 Å². The van der Waals surface area contributed by atoms with Gasteiger partial charge in [-0.2, -0.15) is 0 Å². The third kappa shape index (κ3) is 4.40. The van der Waals surface area contributed by atoms with Crippen molar-refractivity contribution in [3.63, 3.8) is 0 Å². The number of benzene rings is 1. The molecule has 0 bridgehead atoms. The Morgan fingerprint density at radius 3 is 2.18 bits per heavy atom. The quantitative estimate of drug-likeness (QED) is 0.280. The molecule has 1 aliphatic carbocycles. The molecule has 2 aliphatic rings. The fourth-order valence-electron chi connectivity index (χ4n) is 4.72. The Hall–Kier alpha value is -3.48. The van der Waals surface area contributed by atoms with Crippen molar-refractivity contribution in [1.82, 2.24) is 9.47 Å². The first-order valence-corrected chi connectivity index (χ1v) is 11.2. The number of amides is 2. The van der Waals surface area contributed by atoms with Gasteiger partial charge in [-0.1, -0.05) is 29.8 Å². The predicted octanol–water partition coefficient (Wildman–Crippen LogP) is 3.47. The summed E-state index contributed by atoms with van der Waals surface area (Å²) in [6.07, 6.45) is 4.84. The maximum Gasteiger partial charge on any atom is 0.308 e. The van der Waals surface area contributed by atoms with Crippen LogP contribution in [0, 0.1) is 32.6 Å². The average Bonchev–Trinajstić information content (AvgIpc) is 3.24. The highest BCUT2D eigenvalue weighted by Crippen LogP contribution is 2.35. The first-order valence-electron chi connectivity index (χ1n) is 11.2. The standard InChI is InChI=1S/C26H28N2O5/c1-16-8-10-19(11-9-16)28-17(2)14-22(18(28)3)23(29)15-33-24(30)12-13-27-25(31)20-6-4-5-7-21(20)26(27)32/h4-5,8-11,14,20-21H,6-7,12-13,15H2,1-3H3/t20-,21-/m1/s1. The van der Waals surface area contributed by atoms with Gasteiger partial charge in [-0.15, -0.1) is 0 Å². The third-order valence-electron chi connectivity index (χ3n) is 6.53. The molecule has 2 heterocycles. The maximum absolute atomic E-state index is 12.7. The first kappa shape index (κ1) is 22.7. The number of ketones is 1. The molecule has 0 N–H and O–H groups in total. The van der Waals surface area contributed by atoms with Gasteiger partial charge in [0.15, 0.2) is 6.61 Å². The molecule has 1 saturated heterocycles. The number of carbonyl (C=O) groups excluding carboxylic acids is 4. The summed E-state index contributed by atoms with van der Waals surface area (Å²) in [5.74, 6) is -1.97. The lowest BCUT2D eigenvalue weighted by molar-refractivity contribution is -0.145. The van der Waals surface area contributed by atoms with Gasteiger partial charge >= 0.3 is 5.97 Å². The lowest BCUT2D eigenvalue weighted by Gasteiger charge is -2.14. The minimum atomic E-state index is -0.607. The number of esters is 1. The van der Waals surface area contributed by atoms with Crippen molar-refractivity contribution >= 4 is 23.6 Å². The van der Waals surface area contributed by atoms with E-state index in [1.807, 2.05) is 61.8 Å². The van der Waals surface area contributed by atoms with E-state index in [1.165, 1.54) is 4.90 Å². The van der Waals surface area contributed by atoms with Gasteiger partial charge in [-0.25, -0.2) is 0 Å². The summed E-state index contributed by atoms with van der Waals surface area (Å²) in [5, 5.41) is 0. The van der Waals surface area contributed by atoms with Gasteiger partial charge in [0.05, 0.1) is 18.3 Å². The molecule has 7 nitrogen and oxygen atoms in total. The van der Waals surface area contributed by atoms with Crippen molar-refractivity contribution < 1.29 is 23.9 Å². The monoisotopic (exact) mass is 448 g/mol. The highest BCUT2D eigenvalue weighted by Gasteiger charge is 2.46. The first-order chi connectivity index (χ1) is 15.8. The fourth-order valence-corrected chi connectivity index (χ4v) is 4.72. The number of carbonyl (C=O) groups is 4. The molecule has 172 valence electrons. The molecule has 1 aromatic carbocycles. The van der Waals surface area contributed by atoms with Crippen LogP contribution in [0.1, 0.15) is 46.6 Å². The third-order valence-corrected chi connectivity index (χ3v) is 6.53. The van der Waals surface area contributed by atoms with E-state index in [0.29, 0.717) is 18.4 Å².